The molecule has 2 heterocycles. The van der Waals surface area contributed by atoms with E-state index in [1.165, 1.54) is 0 Å². The van der Waals surface area contributed by atoms with Gasteiger partial charge >= 0.3 is 0 Å². The summed E-state index contributed by atoms with van der Waals surface area (Å²) in [6.07, 6.45) is 2.49. The maximum absolute atomic E-state index is 5.91. The first-order valence-corrected chi connectivity index (χ1v) is 6.73. The second-order valence-electron chi connectivity index (χ2n) is 4.23. The Hall–Kier alpha value is -0.910. The normalized spacial score (nSPS) is 18.7. The molecular weight excluding hydrogens is 270 g/mol. The lowest BCUT2D eigenvalue weighted by Gasteiger charge is -2.13. The molecule has 1 aliphatic rings. The van der Waals surface area contributed by atoms with Crippen LogP contribution in [0.5, 0.6) is 0 Å². The van der Waals surface area contributed by atoms with Gasteiger partial charge in [0.15, 0.2) is 5.11 Å². The average Bonchev–Trinajstić information content (AvgIpc) is 2.84. The monoisotopic (exact) mass is 285 g/mol. The van der Waals surface area contributed by atoms with Gasteiger partial charge < -0.3 is 15.4 Å². The lowest BCUT2D eigenvalue weighted by molar-refractivity contribution is 0.114. The SMILES string of the molecule is Cc1nc(NC(=S)NCC2CCCO2)ccc1Cl. The highest BCUT2D eigenvalue weighted by molar-refractivity contribution is 7.80. The Bertz CT molecular complexity index is 435. The third kappa shape index (κ3) is 3.80. The standard InChI is InChI=1S/C12H16ClN3OS/c1-8-10(13)4-5-11(15-8)16-12(18)14-7-9-3-2-6-17-9/h4-5,9H,2-3,6-7H2,1H3,(H2,14,15,16,18). The van der Waals surface area contributed by atoms with E-state index in [1.807, 2.05) is 6.92 Å². The number of thiocarbonyl (C=S) groups is 1. The lowest BCUT2D eigenvalue weighted by Crippen LogP contribution is -2.35. The number of ether oxygens (including phenoxy) is 1. The van der Waals surface area contributed by atoms with Crippen LogP contribution < -0.4 is 10.6 Å². The summed E-state index contributed by atoms with van der Waals surface area (Å²) in [7, 11) is 0. The lowest BCUT2D eigenvalue weighted by atomic mass is 10.2. The highest BCUT2D eigenvalue weighted by Crippen LogP contribution is 2.15. The maximum Gasteiger partial charge on any atom is 0.172 e. The van der Waals surface area contributed by atoms with Crippen molar-refractivity contribution in [3.05, 3.63) is 22.8 Å². The Morgan fingerprint density at radius 3 is 3.11 bits per heavy atom. The largest absolute Gasteiger partial charge is 0.376 e. The molecular formula is C12H16ClN3OS. The fourth-order valence-corrected chi connectivity index (χ4v) is 2.08. The van der Waals surface area contributed by atoms with E-state index >= 15 is 0 Å². The van der Waals surface area contributed by atoms with Crippen molar-refractivity contribution < 1.29 is 4.74 Å². The van der Waals surface area contributed by atoms with Crippen molar-refractivity contribution in [3.63, 3.8) is 0 Å². The summed E-state index contributed by atoms with van der Waals surface area (Å²) < 4.78 is 5.51. The van der Waals surface area contributed by atoms with Gasteiger partial charge in [-0.05, 0) is 44.1 Å². The van der Waals surface area contributed by atoms with E-state index in [-0.39, 0.29) is 6.10 Å². The number of rotatable bonds is 3. The van der Waals surface area contributed by atoms with Gasteiger partial charge in [0.1, 0.15) is 5.82 Å². The number of aryl methyl sites for hydroxylation is 1. The zero-order chi connectivity index (χ0) is 13.0. The molecule has 6 heteroatoms. The molecule has 1 fully saturated rings. The molecule has 0 aromatic carbocycles. The van der Waals surface area contributed by atoms with E-state index in [9.17, 15) is 0 Å². The highest BCUT2D eigenvalue weighted by Gasteiger charge is 2.15. The van der Waals surface area contributed by atoms with Crippen molar-refractivity contribution in [2.24, 2.45) is 0 Å². The Labute approximate surface area is 117 Å². The summed E-state index contributed by atoms with van der Waals surface area (Å²) >= 11 is 11.1. The van der Waals surface area contributed by atoms with E-state index in [2.05, 4.69) is 15.6 Å². The second-order valence-corrected chi connectivity index (χ2v) is 5.05. The number of halogens is 1. The highest BCUT2D eigenvalue weighted by atomic mass is 35.5. The van der Waals surface area contributed by atoms with Gasteiger partial charge in [0, 0.05) is 13.2 Å². The van der Waals surface area contributed by atoms with Crippen molar-refractivity contribution in [2.75, 3.05) is 18.5 Å². The number of anilines is 1. The molecule has 0 aliphatic carbocycles. The molecule has 2 rings (SSSR count). The molecule has 1 aromatic heterocycles. The van der Waals surface area contributed by atoms with Gasteiger partial charge in [-0.2, -0.15) is 0 Å². The van der Waals surface area contributed by atoms with Crippen LogP contribution in [0.1, 0.15) is 18.5 Å². The van der Waals surface area contributed by atoms with Gasteiger partial charge in [0.2, 0.25) is 0 Å². The fraction of sp³-hybridized carbons (Fsp3) is 0.500. The molecule has 0 bridgehead atoms. The molecule has 98 valence electrons. The molecule has 1 saturated heterocycles. The van der Waals surface area contributed by atoms with Gasteiger partial charge in [-0.25, -0.2) is 4.98 Å². The summed E-state index contributed by atoms with van der Waals surface area (Å²) in [5.41, 5.74) is 0.781. The fourth-order valence-electron chi connectivity index (χ4n) is 1.79. The van der Waals surface area contributed by atoms with E-state index in [1.54, 1.807) is 12.1 Å². The van der Waals surface area contributed by atoms with Gasteiger partial charge in [-0.1, -0.05) is 11.6 Å². The molecule has 0 radical (unpaired) electrons. The quantitative estimate of drug-likeness (QED) is 0.836. The topological polar surface area (TPSA) is 46.2 Å². The van der Waals surface area contributed by atoms with Crippen molar-refractivity contribution in [3.8, 4) is 0 Å². The smallest absolute Gasteiger partial charge is 0.172 e. The van der Waals surface area contributed by atoms with Gasteiger partial charge in [0.25, 0.3) is 0 Å². The summed E-state index contributed by atoms with van der Waals surface area (Å²) in [6, 6.07) is 3.60. The summed E-state index contributed by atoms with van der Waals surface area (Å²) in [4.78, 5) is 4.29. The minimum Gasteiger partial charge on any atom is -0.376 e. The van der Waals surface area contributed by atoms with E-state index in [0.717, 1.165) is 31.7 Å². The van der Waals surface area contributed by atoms with Crippen LogP contribution in [0.4, 0.5) is 5.82 Å². The van der Waals surface area contributed by atoms with Crippen LogP contribution in [0.2, 0.25) is 5.02 Å². The molecule has 1 aliphatic heterocycles. The number of hydrogen-bond acceptors (Lipinski definition) is 3. The molecule has 4 nitrogen and oxygen atoms in total. The molecule has 2 N–H and O–H groups in total. The Kier molecular flexibility index (Phi) is 4.74. The number of hydrogen-bond donors (Lipinski definition) is 2. The molecule has 1 unspecified atom stereocenters. The average molecular weight is 286 g/mol. The molecule has 0 saturated carbocycles. The Morgan fingerprint density at radius 1 is 1.61 bits per heavy atom. The Morgan fingerprint density at radius 2 is 2.44 bits per heavy atom. The van der Waals surface area contributed by atoms with Gasteiger partial charge in [-0.3, -0.25) is 0 Å². The first kappa shape index (κ1) is 13.5. The zero-order valence-electron chi connectivity index (χ0n) is 10.2. The van der Waals surface area contributed by atoms with Crippen molar-refractivity contribution >= 4 is 34.7 Å². The predicted molar refractivity (Wildman–Crippen MR) is 77.2 cm³/mol. The first-order chi connectivity index (χ1) is 8.65. The minimum absolute atomic E-state index is 0.268. The van der Waals surface area contributed by atoms with Crippen LogP contribution in [-0.2, 0) is 4.74 Å². The van der Waals surface area contributed by atoms with Crippen LogP contribution in [0.3, 0.4) is 0 Å². The number of nitrogens with one attached hydrogen (secondary N) is 2. The Balaban J connectivity index is 1.80. The second kappa shape index (κ2) is 6.31. The van der Waals surface area contributed by atoms with Crippen molar-refractivity contribution in [1.82, 2.24) is 10.3 Å². The minimum atomic E-state index is 0.268. The molecule has 0 spiro atoms. The zero-order valence-corrected chi connectivity index (χ0v) is 11.8. The third-order valence-corrected chi connectivity index (χ3v) is 3.42. The van der Waals surface area contributed by atoms with Crippen molar-refractivity contribution in [2.45, 2.75) is 25.9 Å². The summed E-state index contributed by atoms with van der Waals surface area (Å²) in [5, 5.41) is 7.37. The van der Waals surface area contributed by atoms with E-state index in [4.69, 9.17) is 28.6 Å². The van der Waals surface area contributed by atoms with Crippen LogP contribution >= 0.6 is 23.8 Å². The van der Waals surface area contributed by atoms with Gasteiger partial charge in [0.05, 0.1) is 16.8 Å². The number of pyridine rings is 1. The third-order valence-electron chi connectivity index (χ3n) is 2.78. The molecule has 0 amide bonds. The van der Waals surface area contributed by atoms with Gasteiger partial charge in [-0.15, -0.1) is 0 Å². The van der Waals surface area contributed by atoms with Crippen LogP contribution in [-0.4, -0.2) is 29.4 Å². The summed E-state index contributed by atoms with van der Waals surface area (Å²) in [6.45, 7) is 3.44. The van der Waals surface area contributed by atoms with E-state index < -0.39 is 0 Å². The first-order valence-electron chi connectivity index (χ1n) is 5.95. The van der Waals surface area contributed by atoms with Crippen LogP contribution in [0.15, 0.2) is 12.1 Å². The van der Waals surface area contributed by atoms with Crippen LogP contribution in [0, 0.1) is 6.92 Å². The number of nitrogens with zero attached hydrogens (tertiary/aromatic N) is 1. The van der Waals surface area contributed by atoms with Crippen molar-refractivity contribution in [1.29, 1.82) is 0 Å². The van der Waals surface area contributed by atoms with Crippen LogP contribution in [0.25, 0.3) is 0 Å². The predicted octanol–water partition coefficient (Wildman–Crippen LogP) is 2.51. The maximum atomic E-state index is 5.91. The molecule has 1 aromatic rings. The van der Waals surface area contributed by atoms with E-state index in [0.29, 0.717) is 16.0 Å². The molecule has 1 atom stereocenters. The number of aromatic nitrogens is 1. The molecule has 18 heavy (non-hydrogen) atoms. The summed E-state index contributed by atoms with van der Waals surface area (Å²) in [5.74, 6) is 0.696.